The minimum absolute atomic E-state index is 0.251. The van der Waals surface area contributed by atoms with Gasteiger partial charge in [-0.05, 0) is 48.1 Å². The van der Waals surface area contributed by atoms with Crippen LogP contribution in [0, 0.1) is 0 Å². The molecule has 0 aliphatic heterocycles. The van der Waals surface area contributed by atoms with Crippen LogP contribution >= 0.6 is 0 Å². The standard InChI is InChI=1S/C18H19NO2/c1-12-9-10-17(16-8-3-2-7-15(12)16)19-14-6-4-5-13(11-14)18(20)21/h2-8,11-12,17,19H,9-10H2,1H3,(H,20,21). The Morgan fingerprint density at radius 3 is 2.62 bits per heavy atom. The van der Waals surface area contributed by atoms with Crippen LogP contribution in [0.1, 0.15) is 53.2 Å². The van der Waals surface area contributed by atoms with Crippen molar-refractivity contribution in [1.29, 1.82) is 0 Å². The first-order valence-corrected chi connectivity index (χ1v) is 7.34. The summed E-state index contributed by atoms with van der Waals surface area (Å²) in [6.45, 7) is 2.26. The lowest BCUT2D eigenvalue weighted by molar-refractivity contribution is 0.0697. The molecule has 21 heavy (non-hydrogen) atoms. The summed E-state index contributed by atoms with van der Waals surface area (Å²) in [5.74, 6) is -0.305. The number of carboxylic acid groups (broad SMARTS) is 1. The Morgan fingerprint density at radius 1 is 1.10 bits per heavy atom. The van der Waals surface area contributed by atoms with E-state index in [1.807, 2.05) is 6.07 Å². The van der Waals surface area contributed by atoms with Crippen molar-refractivity contribution in [2.45, 2.75) is 31.7 Å². The first kappa shape index (κ1) is 13.7. The molecule has 3 nitrogen and oxygen atoms in total. The van der Waals surface area contributed by atoms with E-state index in [1.54, 1.807) is 18.2 Å². The van der Waals surface area contributed by atoms with E-state index in [4.69, 9.17) is 5.11 Å². The average Bonchev–Trinajstić information content (AvgIpc) is 2.51. The van der Waals surface area contributed by atoms with Crippen LogP contribution < -0.4 is 5.32 Å². The molecule has 0 saturated carbocycles. The first-order chi connectivity index (χ1) is 10.1. The molecule has 0 heterocycles. The molecular weight excluding hydrogens is 262 g/mol. The average molecular weight is 281 g/mol. The molecule has 2 atom stereocenters. The van der Waals surface area contributed by atoms with E-state index < -0.39 is 5.97 Å². The van der Waals surface area contributed by atoms with Gasteiger partial charge >= 0.3 is 5.97 Å². The van der Waals surface area contributed by atoms with Gasteiger partial charge in [-0.2, -0.15) is 0 Å². The predicted octanol–water partition coefficient (Wildman–Crippen LogP) is 4.44. The molecule has 3 rings (SSSR count). The van der Waals surface area contributed by atoms with Crippen LogP contribution in [0.3, 0.4) is 0 Å². The van der Waals surface area contributed by atoms with Gasteiger partial charge in [-0.25, -0.2) is 4.79 Å². The number of hydrogen-bond donors (Lipinski definition) is 2. The van der Waals surface area contributed by atoms with E-state index in [2.05, 4.69) is 36.5 Å². The number of carbonyl (C=O) groups is 1. The van der Waals surface area contributed by atoms with Gasteiger partial charge in [0.1, 0.15) is 0 Å². The van der Waals surface area contributed by atoms with Crippen LogP contribution in [0.2, 0.25) is 0 Å². The second-order valence-corrected chi connectivity index (χ2v) is 5.69. The summed E-state index contributed by atoms with van der Waals surface area (Å²) in [5, 5.41) is 12.6. The predicted molar refractivity (Wildman–Crippen MR) is 83.9 cm³/mol. The molecule has 2 aromatic rings. The molecule has 0 saturated heterocycles. The van der Waals surface area contributed by atoms with Gasteiger partial charge < -0.3 is 10.4 Å². The number of nitrogens with one attached hydrogen (secondary N) is 1. The first-order valence-electron chi connectivity index (χ1n) is 7.34. The maximum absolute atomic E-state index is 11.1. The van der Waals surface area contributed by atoms with E-state index in [-0.39, 0.29) is 6.04 Å². The Hall–Kier alpha value is -2.29. The Bertz CT molecular complexity index is 666. The fraction of sp³-hybridized carbons (Fsp3) is 0.278. The van der Waals surface area contributed by atoms with E-state index in [1.165, 1.54) is 11.1 Å². The normalized spacial score (nSPS) is 20.6. The van der Waals surface area contributed by atoms with Crippen molar-refractivity contribution in [1.82, 2.24) is 0 Å². The Labute approximate surface area is 124 Å². The number of aromatic carboxylic acids is 1. The van der Waals surface area contributed by atoms with Crippen molar-refractivity contribution in [2.75, 3.05) is 5.32 Å². The molecule has 2 N–H and O–H groups in total. The van der Waals surface area contributed by atoms with Crippen molar-refractivity contribution in [3.05, 3.63) is 65.2 Å². The molecule has 1 aliphatic carbocycles. The summed E-state index contributed by atoms with van der Waals surface area (Å²) >= 11 is 0. The lowest BCUT2D eigenvalue weighted by Crippen LogP contribution is -2.19. The summed E-state index contributed by atoms with van der Waals surface area (Å²) in [4.78, 5) is 11.1. The Morgan fingerprint density at radius 2 is 1.86 bits per heavy atom. The molecular formula is C18H19NO2. The molecule has 2 aromatic carbocycles. The summed E-state index contributed by atoms with van der Waals surface area (Å²) in [6.07, 6.45) is 2.21. The highest BCUT2D eigenvalue weighted by atomic mass is 16.4. The molecule has 0 spiro atoms. The summed E-state index contributed by atoms with van der Waals surface area (Å²) < 4.78 is 0. The number of benzene rings is 2. The van der Waals surface area contributed by atoms with E-state index in [0.717, 1.165) is 18.5 Å². The Kier molecular flexibility index (Phi) is 3.65. The molecule has 0 amide bonds. The zero-order chi connectivity index (χ0) is 14.8. The minimum atomic E-state index is -0.892. The van der Waals surface area contributed by atoms with Crippen molar-refractivity contribution in [2.24, 2.45) is 0 Å². The van der Waals surface area contributed by atoms with Gasteiger partial charge in [0, 0.05) is 5.69 Å². The highest BCUT2D eigenvalue weighted by Gasteiger charge is 2.24. The molecule has 0 fully saturated rings. The molecule has 0 bridgehead atoms. The van der Waals surface area contributed by atoms with Gasteiger partial charge in [0.25, 0.3) is 0 Å². The third-order valence-electron chi connectivity index (χ3n) is 4.24. The molecule has 108 valence electrons. The quantitative estimate of drug-likeness (QED) is 0.874. The van der Waals surface area contributed by atoms with Crippen LogP contribution in [-0.4, -0.2) is 11.1 Å². The second-order valence-electron chi connectivity index (χ2n) is 5.69. The third kappa shape index (κ3) is 2.77. The molecule has 2 unspecified atom stereocenters. The highest BCUT2D eigenvalue weighted by Crippen LogP contribution is 2.38. The fourth-order valence-corrected chi connectivity index (χ4v) is 3.10. The zero-order valence-electron chi connectivity index (χ0n) is 12.0. The van der Waals surface area contributed by atoms with Crippen LogP contribution in [0.15, 0.2) is 48.5 Å². The SMILES string of the molecule is CC1CCC(Nc2cccc(C(=O)O)c2)c2ccccc21. The monoisotopic (exact) mass is 281 g/mol. The van der Waals surface area contributed by atoms with E-state index in [9.17, 15) is 4.79 Å². The maximum atomic E-state index is 11.1. The van der Waals surface area contributed by atoms with Gasteiger partial charge in [0.05, 0.1) is 11.6 Å². The van der Waals surface area contributed by atoms with Crippen molar-refractivity contribution < 1.29 is 9.90 Å². The lowest BCUT2D eigenvalue weighted by atomic mass is 9.81. The molecule has 0 aromatic heterocycles. The summed E-state index contributed by atoms with van der Waals surface area (Å²) in [5.41, 5.74) is 3.91. The largest absolute Gasteiger partial charge is 0.478 e. The second kappa shape index (κ2) is 5.60. The number of fused-ring (bicyclic) bond motifs is 1. The number of rotatable bonds is 3. The van der Waals surface area contributed by atoms with Gasteiger partial charge in [-0.3, -0.25) is 0 Å². The number of anilines is 1. The van der Waals surface area contributed by atoms with Crippen molar-refractivity contribution >= 4 is 11.7 Å². The summed E-state index contributed by atoms with van der Waals surface area (Å²) in [7, 11) is 0. The van der Waals surface area contributed by atoms with E-state index in [0.29, 0.717) is 11.5 Å². The summed E-state index contributed by atoms with van der Waals surface area (Å²) in [6, 6.07) is 15.8. The number of hydrogen-bond acceptors (Lipinski definition) is 2. The van der Waals surface area contributed by atoms with Gasteiger partial charge in [0.15, 0.2) is 0 Å². The highest BCUT2D eigenvalue weighted by molar-refractivity contribution is 5.88. The van der Waals surface area contributed by atoms with Crippen molar-refractivity contribution in [3.63, 3.8) is 0 Å². The van der Waals surface area contributed by atoms with Crippen LogP contribution in [0.5, 0.6) is 0 Å². The topological polar surface area (TPSA) is 49.3 Å². The minimum Gasteiger partial charge on any atom is -0.478 e. The van der Waals surface area contributed by atoms with Crippen molar-refractivity contribution in [3.8, 4) is 0 Å². The third-order valence-corrected chi connectivity index (χ3v) is 4.24. The maximum Gasteiger partial charge on any atom is 0.335 e. The van der Waals surface area contributed by atoms with Gasteiger partial charge in [0.2, 0.25) is 0 Å². The fourth-order valence-electron chi connectivity index (χ4n) is 3.10. The molecule has 0 radical (unpaired) electrons. The van der Waals surface area contributed by atoms with Gasteiger partial charge in [-0.15, -0.1) is 0 Å². The van der Waals surface area contributed by atoms with Crippen LogP contribution in [0.25, 0.3) is 0 Å². The van der Waals surface area contributed by atoms with Crippen LogP contribution in [0.4, 0.5) is 5.69 Å². The Balaban J connectivity index is 1.87. The zero-order valence-corrected chi connectivity index (χ0v) is 12.0. The van der Waals surface area contributed by atoms with Gasteiger partial charge in [-0.1, -0.05) is 37.3 Å². The lowest BCUT2D eigenvalue weighted by Gasteiger charge is -2.31. The van der Waals surface area contributed by atoms with E-state index >= 15 is 0 Å². The van der Waals surface area contributed by atoms with Crippen LogP contribution in [-0.2, 0) is 0 Å². The molecule has 1 aliphatic rings. The smallest absolute Gasteiger partial charge is 0.335 e. The number of carboxylic acids is 1. The molecule has 3 heteroatoms.